The van der Waals surface area contributed by atoms with Gasteiger partial charge in [-0.25, -0.2) is 0 Å². The van der Waals surface area contributed by atoms with Crippen LogP contribution in [-0.4, -0.2) is 35.5 Å². The number of anilines is 1. The maximum absolute atomic E-state index is 12.9. The molecule has 1 saturated carbocycles. The van der Waals surface area contributed by atoms with E-state index in [1.54, 1.807) is 24.3 Å². The molecule has 29 heavy (non-hydrogen) atoms. The molecule has 2 aliphatic heterocycles. The molecule has 0 radical (unpaired) electrons. The summed E-state index contributed by atoms with van der Waals surface area (Å²) >= 11 is 0. The Bertz CT molecular complexity index is 1020. The standard InChI is InChI=1S/C22H19N3O4/c1-11-3-7-13(8-4-11)29-14-9-5-12(6-10-14)25-21(27)17-15-16(18(17)22(25)28)20(26)24(2)19(15)23/h3-10,15-18,23H,1-2H3. The van der Waals surface area contributed by atoms with Crippen LogP contribution >= 0.6 is 0 Å². The number of hydrogen-bond donors (Lipinski definition) is 1. The lowest BCUT2D eigenvalue weighted by atomic mass is 9.59. The molecule has 0 bridgehead atoms. The predicted octanol–water partition coefficient (Wildman–Crippen LogP) is 2.59. The molecular weight excluding hydrogens is 370 g/mol. The zero-order chi connectivity index (χ0) is 20.4. The molecule has 4 atom stereocenters. The lowest BCUT2D eigenvalue weighted by Crippen LogP contribution is -2.50. The van der Waals surface area contributed by atoms with E-state index in [1.807, 2.05) is 31.2 Å². The van der Waals surface area contributed by atoms with Gasteiger partial charge in [0.1, 0.15) is 17.3 Å². The number of nitrogens with zero attached hydrogens (tertiary/aromatic N) is 2. The van der Waals surface area contributed by atoms with Crippen LogP contribution < -0.4 is 9.64 Å². The van der Waals surface area contributed by atoms with Crippen LogP contribution in [0, 0.1) is 36.0 Å². The molecule has 0 aromatic heterocycles. The normalized spacial score (nSPS) is 27.8. The third-order valence-electron chi connectivity index (χ3n) is 6.20. The molecule has 2 aromatic carbocycles. The second-order valence-electron chi connectivity index (χ2n) is 7.81. The number of carbonyl (C=O) groups excluding carboxylic acids is 3. The summed E-state index contributed by atoms with van der Waals surface area (Å²) in [6.07, 6.45) is 0. The number of ether oxygens (including phenoxy) is 1. The number of benzene rings is 2. The fourth-order valence-electron chi connectivity index (χ4n) is 4.64. The average molecular weight is 389 g/mol. The Hall–Kier alpha value is -3.48. The first-order valence-electron chi connectivity index (χ1n) is 9.47. The lowest BCUT2D eigenvalue weighted by Gasteiger charge is -2.37. The van der Waals surface area contributed by atoms with Crippen molar-refractivity contribution in [3.8, 4) is 11.5 Å². The SMILES string of the molecule is Cc1ccc(Oc2ccc(N3C(=O)C4C5C(=N)N(C)C(=O)C5C4C3=O)cc2)cc1. The topological polar surface area (TPSA) is 90.8 Å². The van der Waals surface area contributed by atoms with Crippen LogP contribution in [0.25, 0.3) is 0 Å². The van der Waals surface area contributed by atoms with Gasteiger partial charge >= 0.3 is 0 Å². The molecule has 3 amide bonds. The molecule has 7 heteroatoms. The molecule has 4 unspecified atom stereocenters. The van der Waals surface area contributed by atoms with Crippen LogP contribution in [0.2, 0.25) is 0 Å². The van der Waals surface area contributed by atoms with Crippen molar-refractivity contribution in [2.75, 3.05) is 11.9 Å². The summed E-state index contributed by atoms with van der Waals surface area (Å²) in [5, 5.41) is 8.11. The van der Waals surface area contributed by atoms with Gasteiger partial charge in [0.25, 0.3) is 0 Å². The number of carbonyl (C=O) groups is 3. The number of amidine groups is 1. The fraction of sp³-hybridized carbons (Fsp3) is 0.273. The molecule has 2 aromatic rings. The van der Waals surface area contributed by atoms with E-state index in [4.69, 9.17) is 10.1 Å². The Balaban J connectivity index is 1.37. The number of nitrogens with one attached hydrogen (secondary N) is 1. The van der Waals surface area contributed by atoms with E-state index in [9.17, 15) is 14.4 Å². The second kappa shape index (κ2) is 6.01. The fourth-order valence-corrected chi connectivity index (χ4v) is 4.64. The first-order chi connectivity index (χ1) is 13.9. The van der Waals surface area contributed by atoms with E-state index < -0.39 is 23.7 Å². The summed E-state index contributed by atoms with van der Waals surface area (Å²) in [5.74, 6) is -1.85. The predicted molar refractivity (Wildman–Crippen MR) is 105 cm³/mol. The van der Waals surface area contributed by atoms with Gasteiger partial charge in [-0.05, 0) is 43.3 Å². The molecule has 146 valence electrons. The third kappa shape index (κ3) is 2.36. The summed E-state index contributed by atoms with van der Waals surface area (Å²) in [6, 6.07) is 14.4. The van der Waals surface area contributed by atoms with Crippen LogP contribution in [0.4, 0.5) is 5.69 Å². The first-order valence-corrected chi connectivity index (χ1v) is 9.47. The van der Waals surface area contributed by atoms with Gasteiger partial charge in [-0.15, -0.1) is 0 Å². The van der Waals surface area contributed by atoms with E-state index in [1.165, 1.54) is 11.9 Å². The molecule has 3 aliphatic rings. The minimum atomic E-state index is -0.659. The molecule has 7 nitrogen and oxygen atoms in total. The molecule has 2 saturated heterocycles. The van der Waals surface area contributed by atoms with Gasteiger partial charge in [-0.1, -0.05) is 17.7 Å². The van der Waals surface area contributed by atoms with Crippen molar-refractivity contribution in [2.24, 2.45) is 23.7 Å². The van der Waals surface area contributed by atoms with Crippen molar-refractivity contribution in [2.45, 2.75) is 6.92 Å². The van der Waals surface area contributed by atoms with Crippen molar-refractivity contribution in [1.82, 2.24) is 4.90 Å². The highest BCUT2D eigenvalue weighted by Gasteiger charge is 2.71. The van der Waals surface area contributed by atoms with Crippen LogP contribution in [0.1, 0.15) is 5.56 Å². The molecule has 1 N–H and O–H groups in total. The summed E-state index contributed by atoms with van der Waals surface area (Å²) < 4.78 is 5.79. The van der Waals surface area contributed by atoms with Crippen molar-refractivity contribution in [3.63, 3.8) is 0 Å². The summed E-state index contributed by atoms with van der Waals surface area (Å²) in [7, 11) is 1.53. The number of amides is 3. The number of likely N-dealkylation sites (tertiary alicyclic amines) is 1. The Labute approximate surface area is 167 Å². The second-order valence-corrected chi connectivity index (χ2v) is 7.81. The van der Waals surface area contributed by atoms with Crippen LogP contribution in [0.3, 0.4) is 0 Å². The van der Waals surface area contributed by atoms with Gasteiger partial charge in [-0.2, -0.15) is 0 Å². The van der Waals surface area contributed by atoms with Gasteiger partial charge in [-0.3, -0.25) is 24.7 Å². The molecule has 2 heterocycles. The van der Waals surface area contributed by atoms with Gasteiger partial charge in [0.2, 0.25) is 17.7 Å². The molecule has 1 aliphatic carbocycles. The van der Waals surface area contributed by atoms with E-state index in [2.05, 4.69) is 0 Å². The van der Waals surface area contributed by atoms with Crippen molar-refractivity contribution < 1.29 is 19.1 Å². The van der Waals surface area contributed by atoms with Gasteiger partial charge in [0.15, 0.2) is 0 Å². The van der Waals surface area contributed by atoms with E-state index in [0.29, 0.717) is 17.2 Å². The van der Waals surface area contributed by atoms with E-state index in [0.717, 1.165) is 10.5 Å². The van der Waals surface area contributed by atoms with Gasteiger partial charge < -0.3 is 9.64 Å². The molecule has 5 rings (SSSR count). The summed E-state index contributed by atoms with van der Waals surface area (Å²) in [4.78, 5) is 40.6. The van der Waals surface area contributed by atoms with Crippen molar-refractivity contribution in [1.29, 1.82) is 5.41 Å². The number of rotatable bonds is 3. The quantitative estimate of drug-likeness (QED) is 0.817. The van der Waals surface area contributed by atoms with E-state index >= 15 is 0 Å². The van der Waals surface area contributed by atoms with Crippen LogP contribution in [0.5, 0.6) is 11.5 Å². The minimum Gasteiger partial charge on any atom is -0.457 e. The highest BCUT2D eigenvalue weighted by molar-refractivity contribution is 6.27. The van der Waals surface area contributed by atoms with Crippen LogP contribution in [-0.2, 0) is 14.4 Å². The zero-order valence-electron chi connectivity index (χ0n) is 16.0. The van der Waals surface area contributed by atoms with Gasteiger partial charge in [0, 0.05) is 13.0 Å². The maximum atomic E-state index is 12.9. The number of hydrogen-bond acceptors (Lipinski definition) is 5. The van der Waals surface area contributed by atoms with Crippen LogP contribution in [0.15, 0.2) is 48.5 Å². The number of aryl methyl sites for hydroxylation is 1. The first kappa shape index (κ1) is 17.6. The third-order valence-corrected chi connectivity index (χ3v) is 6.20. The lowest BCUT2D eigenvalue weighted by molar-refractivity contribution is -0.144. The number of fused-ring (bicyclic) bond motifs is 4. The molecular formula is C22H19N3O4. The highest BCUT2D eigenvalue weighted by atomic mass is 16.5. The van der Waals surface area contributed by atoms with Gasteiger partial charge in [0.05, 0.1) is 23.4 Å². The van der Waals surface area contributed by atoms with Crippen molar-refractivity contribution >= 4 is 29.2 Å². The largest absolute Gasteiger partial charge is 0.457 e. The minimum absolute atomic E-state index is 0.131. The maximum Gasteiger partial charge on any atom is 0.238 e. The summed E-state index contributed by atoms with van der Waals surface area (Å²) in [5.41, 5.74) is 1.59. The Morgan fingerprint density at radius 3 is 1.83 bits per heavy atom. The monoisotopic (exact) mass is 389 g/mol. The average Bonchev–Trinajstić information content (AvgIpc) is 2.99. The zero-order valence-corrected chi connectivity index (χ0v) is 16.0. The molecule has 0 spiro atoms. The molecule has 3 fully saturated rings. The Kier molecular flexibility index (Phi) is 3.65. The van der Waals surface area contributed by atoms with Crippen molar-refractivity contribution in [3.05, 3.63) is 54.1 Å². The van der Waals surface area contributed by atoms with E-state index in [-0.39, 0.29) is 23.6 Å². The Morgan fingerprint density at radius 1 is 0.759 bits per heavy atom. The summed E-state index contributed by atoms with van der Waals surface area (Å²) in [6.45, 7) is 2.00. The smallest absolute Gasteiger partial charge is 0.238 e. The Morgan fingerprint density at radius 2 is 1.24 bits per heavy atom. The number of imide groups is 1. The highest BCUT2D eigenvalue weighted by Crippen LogP contribution is 2.56.